The highest BCUT2D eigenvalue weighted by atomic mass is 127. The zero-order valence-corrected chi connectivity index (χ0v) is 19.9. The zero-order valence-electron chi connectivity index (χ0n) is 16.8. The third-order valence-corrected chi connectivity index (χ3v) is 5.39. The van der Waals surface area contributed by atoms with E-state index in [-0.39, 0.29) is 36.0 Å². The van der Waals surface area contributed by atoms with E-state index in [4.69, 9.17) is 30.8 Å². The zero-order chi connectivity index (χ0) is 19.8. The second-order valence-electron chi connectivity index (χ2n) is 7.25. The van der Waals surface area contributed by atoms with E-state index in [2.05, 4.69) is 10.6 Å². The molecule has 9 heteroatoms. The summed E-state index contributed by atoms with van der Waals surface area (Å²) in [5, 5.41) is 16.6. The van der Waals surface area contributed by atoms with Gasteiger partial charge in [-0.3, -0.25) is 4.99 Å². The molecule has 29 heavy (non-hydrogen) atoms. The minimum Gasteiger partial charge on any atom is -0.486 e. The molecule has 0 radical (unpaired) electrons. The molecule has 2 heterocycles. The summed E-state index contributed by atoms with van der Waals surface area (Å²) in [5.74, 6) is 2.12. The first-order chi connectivity index (χ1) is 13.7. The third-order valence-electron chi connectivity index (χ3n) is 5.11. The van der Waals surface area contributed by atoms with E-state index in [1.165, 1.54) is 0 Å². The van der Waals surface area contributed by atoms with E-state index >= 15 is 0 Å². The maximum Gasteiger partial charge on any atom is 0.191 e. The molecule has 3 N–H and O–H groups in total. The first-order valence-electron chi connectivity index (χ1n) is 9.94. The lowest BCUT2D eigenvalue weighted by Crippen LogP contribution is -2.39. The first kappa shape index (κ1) is 24.3. The number of hydrogen-bond acceptors (Lipinski definition) is 5. The number of hydrogen-bond donors (Lipinski definition) is 3. The Morgan fingerprint density at radius 2 is 2.07 bits per heavy atom. The van der Waals surface area contributed by atoms with E-state index in [9.17, 15) is 5.11 Å². The van der Waals surface area contributed by atoms with E-state index in [0.717, 1.165) is 37.5 Å². The molecule has 1 saturated heterocycles. The number of fused-ring (bicyclic) bond motifs is 1. The Morgan fingerprint density at radius 3 is 2.79 bits per heavy atom. The molecule has 1 aromatic carbocycles. The van der Waals surface area contributed by atoms with Crippen molar-refractivity contribution in [2.24, 2.45) is 10.4 Å². The van der Waals surface area contributed by atoms with Gasteiger partial charge in [-0.15, -0.1) is 24.0 Å². The number of aliphatic imine (C=N–C) groups is 1. The van der Waals surface area contributed by atoms with E-state index in [1.54, 1.807) is 0 Å². The van der Waals surface area contributed by atoms with Crippen molar-refractivity contribution in [2.45, 2.75) is 26.2 Å². The minimum absolute atomic E-state index is 0. The van der Waals surface area contributed by atoms with Crippen LogP contribution in [0.1, 0.15) is 25.3 Å². The average molecular weight is 540 g/mol. The monoisotopic (exact) mass is 539 g/mol. The summed E-state index contributed by atoms with van der Waals surface area (Å²) in [6.07, 6.45) is 2.43. The average Bonchev–Trinajstić information content (AvgIpc) is 3.15. The molecule has 0 saturated carbocycles. The molecule has 1 aromatic rings. The van der Waals surface area contributed by atoms with Gasteiger partial charge in [0.25, 0.3) is 0 Å². The van der Waals surface area contributed by atoms with Crippen LogP contribution in [0.2, 0.25) is 5.02 Å². The number of ether oxygens (including phenoxy) is 3. The van der Waals surface area contributed by atoms with Gasteiger partial charge < -0.3 is 30.0 Å². The number of guanidine groups is 1. The van der Waals surface area contributed by atoms with Crippen LogP contribution in [0.3, 0.4) is 0 Å². The van der Waals surface area contributed by atoms with Crippen LogP contribution in [0.5, 0.6) is 11.5 Å². The Bertz CT molecular complexity index is 684. The second kappa shape index (κ2) is 12.0. The topological polar surface area (TPSA) is 84.3 Å². The Kier molecular flexibility index (Phi) is 10.1. The molecule has 7 nitrogen and oxygen atoms in total. The summed E-state index contributed by atoms with van der Waals surface area (Å²) in [6, 6.07) is 3.91. The van der Waals surface area contributed by atoms with E-state index < -0.39 is 0 Å². The molecule has 0 bridgehead atoms. The number of halogens is 2. The molecular weight excluding hydrogens is 509 g/mol. The predicted octanol–water partition coefficient (Wildman–Crippen LogP) is 2.62. The summed E-state index contributed by atoms with van der Waals surface area (Å²) in [6.45, 7) is 6.81. The van der Waals surface area contributed by atoms with E-state index in [0.29, 0.717) is 55.9 Å². The van der Waals surface area contributed by atoms with Crippen molar-refractivity contribution in [3.05, 3.63) is 22.7 Å². The summed E-state index contributed by atoms with van der Waals surface area (Å²) in [4.78, 5) is 4.74. The highest BCUT2D eigenvalue weighted by molar-refractivity contribution is 14.0. The van der Waals surface area contributed by atoms with Gasteiger partial charge in [0.2, 0.25) is 0 Å². The maximum atomic E-state index is 9.37. The molecular formula is C20H31ClIN3O4. The predicted molar refractivity (Wildman–Crippen MR) is 125 cm³/mol. The normalized spacial score (nSPS) is 20.9. The lowest BCUT2D eigenvalue weighted by Gasteiger charge is -2.25. The van der Waals surface area contributed by atoms with Crippen LogP contribution in [0.25, 0.3) is 0 Å². The van der Waals surface area contributed by atoms with Crippen molar-refractivity contribution in [2.75, 3.05) is 52.7 Å². The Balaban J connectivity index is 0.00000300. The minimum atomic E-state index is -0.0551. The van der Waals surface area contributed by atoms with Crippen molar-refractivity contribution >= 4 is 41.5 Å². The smallest absolute Gasteiger partial charge is 0.191 e. The third kappa shape index (κ3) is 6.77. The largest absolute Gasteiger partial charge is 0.486 e. The number of aliphatic hydroxyl groups is 1. The van der Waals surface area contributed by atoms with Crippen LogP contribution in [0.4, 0.5) is 0 Å². The van der Waals surface area contributed by atoms with Gasteiger partial charge in [-0.1, -0.05) is 11.6 Å². The first-order valence-corrected chi connectivity index (χ1v) is 10.3. The Labute approximate surface area is 194 Å². The van der Waals surface area contributed by atoms with Crippen molar-refractivity contribution in [1.82, 2.24) is 10.6 Å². The Hall–Kier alpha value is -0.970. The van der Waals surface area contributed by atoms with Gasteiger partial charge in [0.15, 0.2) is 17.5 Å². The molecule has 2 aliphatic rings. The summed E-state index contributed by atoms with van der Waals surface area (Å²) in [7, 11) is 0. The number of rotatable bonds is 8. The van der Waals surface area contributed by atoms with Gasteiger partial charge in [0.1, 0.15) is 13.2 Å². The second-order valence-corrected chi connectivity index (χ2v) is 7.66. The van der Waals surface area contributed by atoms with Crippen LogP contribution in [-0.4, -0.2) is 63.7 Å². The summed E-state index contributed by atoms with van der Waals surface area (Å²) in [5.41, 5.74) is 1.03. The molecule has 2 aliphatic heterocycles. The number of benzene rings is 1. The fourth-order valence-corrected chi connectivity index (χ4v) is 3.80. The van der Waals surface area contributed by atoms with Gasteiger partial charge >= 0.3 is 0 Å². The highest BCUT2D eigenvalue weighted by Crippen LogP contribution is 2.38. The SMILES string of the molecule is CCNC(=NCC1(CCO)CCOC1)NCCc1cc(Cl)c2c(c1)OCCO2.I. The van der Waals surface area contributed by atoms with Crippen molar-refractivity contribution in [1.29, 1.82) is 0 Å². The highest BCUT2D eigenvalue weighted by Gasteiger charge is 2.34. The van der Waals surface area contributed by atoms with Gasteiger partial charge in [0.05, 0.1) is 18.2 Å². The molecule has 1 unspecified atom stereocenters. The molecule has 164 valence electrons. The lowest BCUT2D eigenvalue weighted by atomic mass is 9.84. The van der Waals surface area contributed by atoms with Crippen LogP contribution in [0.15, 0.2) is 17.1 Å². The standard InChI is InChI=1S/C20H30ClN3O4.HI/c1-2-22-19(24-13-20(4-7-25)5-8-26-14-20)23-6-3-15-11-16(21)18-17(12-15)27-9-10-28-18;/h11-12,25H,2-10,13-14H2,1H3,(H2,22,23,24);1H. The lowest BCUT2D eigenvalue weighted by molar-refractivity contribution is 0.131. The maximum absolute atomic E-state index is 9.37. The molecule has 1 fully saturated rings. The van der Waals surface area contributed by atoms with Crippen molar-refractivity contribution in [3.8, 4) is 11.5 Å². The van der Waals surface area contributed by atoms with Gasteiger partial charge in [-0.05, 0) is 43.9 Å². The molecule has 0 aliphatic carbocycles. The molecule has 0 spiro atoms. The van der Waals surface area contributed by atoms with Crippen molar-refractivity contribution < 1.29 is 19.3 Å². The molecule has 1 atom stereocenters. The van der Waals surface area contributed by atoms with Crippen LogP contribution in [-0.2, 0) is 11.2 Å². The van der Waals surface area contributed by atoms with Gasteiger partial charge in [0, 0.05) is 31.7 Å². The summed E-state index contributed by atoms with van der Waals surface area (Å²) < 4.78 is 16.8. The summed E-state index contributed by atoms with van der Waals surface area (Å²) >= 11 is 6.31. The number of aliphatic hydroxyl groups excluding tert-OH is 1. The fourth-order valence-electron chi connectivity index (χ4n) is 3.51. The van der Waals surface area contributed by atoms with Crippen molar-refractivity contribution in [3.63, 3.8) is 0 Å². The molecule has 0 amide bonds. The molecule has 0 aromatic heterocycles. The molecule has 3 rings (SSSR count). The van der Waals surface area contributed by atoms with Crippen LogP contribution < -0.4 is 20.1 Å². The van der Waals surface area contributed by atoms with Gasteiger partial charge in [-0.2, -0.15) is 0 Å². The number of nitrogens with zero attached hydrogens (tertiary/aromatic N) is 1. The van der Waals surface area contributed by atoms with Crippen LogP contribution in [0, 0.1) is 5.41 Å². The number of nitrogens with one attached hydrogen (secondary N) is 2. The van der Waals surface area contributed by atoms with E-state index in [1.807, 2.05) is 19.1 Å². The quantitative estimate of drug-likeness (QED) is 0.268. The van der Waals surface area contributed by atoms with Gasteiger partial charge in [-0.25, -0.2) is 0 Å². The van der Waals surface area contributed by atoms with Crippen LogP contribution >= 0.6 is 35.6 Å². The fraction of sp³-hybridized carbons (Fsp3) is 0.650. The Morgan fingerprint density at radius 1 is 1.24 bits per heavy atom.